The van der Waals surface area contributed by atoms with Gasteiger partial charge in [0.15, 0.2) is 10.9 Å². The van der Waals surface area contributed by atoms with Gasteiger partial charge in [0.05, 0.1) is 5.56 Å². The molecule has 1 heterocycles. The number of carbonyl (C=O) groups is 2. The number of thioether (sulfide) groups is 1. The van der Waals surface area contributed by atoms with E-state index in [1.54, 1.807) is 6.26 Å². The Morgan fingerprint density at radius 3 is 2.61 bits per heavy atom. The third-order valence-corrected chi connectivity index (χ3v) is 3.70. The molecule has 2 rings (SSSR count). The average Bonchev–Trinajstić information content (AvgIpc) is 2.47. The first-order valence-corrected chi connectivity index (χ1v) is 7.92. The maximum Gasteiger partial charge on any atom is 0.255 e. The SMILES string of the molecule is CSc1nc(Cl)c(C(N)=O)c(Nc2ccc(F)c(C(C)=O)c2)n1. The molecule has 0 saturated heterocycles. The third kappa shape index (κ3) is 3.77. The van der Waals surface area contributed by atoms with Crippen LogP contribution in [0.4, 0.5) is 15.9 Å². The number of aromatic nitrogens is 2. The second-order valence-electron chi connectivity index (χ2n) is 4.46. The summed E-state index contributed by atoms with van der Waals surface area (Å²) in [5.41, 5.74) is 5.49. The number of primary amides is 1. The summed E-state index contributed by atoms with van der Waals surface area (Å²) in [6.45, 7) is 1.25. The van der Waals surface area contributed by atoms with Gasteiger partial charge in [-0.3, -0.25) is 9.59 Å². The Morgan fingerprint density at radius 2 is 2.04 bits per heavy atom. The maximum atomic E-state index is 13.6. The van der Waals surface area contributed by atoms with Crippen LogP contribution in [0.5, 0.6) is 0 Å². The topological polar surface area (TPSA) is 98.0 Å². The van der Waals surface area contributed by atoms with Crippen molar-refractivity contribution in [1.82, 2.24) is 9.97 Å². The van der Waals surface area contributed by atoms with Crippen molar-refractivity contribution in [3.63, 3.8) is 0 Å². The predicted octanol–water partition coefficient (Wildman–Crippen LogP) is 3.04. The minimum atomic E-state index is -0.806. The molecule has 0 aliphatic rings. The van der Waals surface area contributed by atoms with Crippen molar-refractivity contribution in [1.29, 1.82) is 0 Å². The van der Waals surface area contributed by atoms with Crippen molar-refractivity contribution in [2.24, 2.45) is 5.73 Å². The van der Waals surface area contributed by atoms with Crippen molar-refractivity contribution < 1.29 is 14.0 Å². The minimum absolute atomic E-state index is 0.0825. The molecule has 0 bridgehead atoms. The van der Waals surface area contributed by atoms with Crippen LogP contribution in [0, 0.1) is 5.82 Å². The van der Waals surface area contributed by atoms with Gasteiger partial charge >= 0.3 is 0 Å². The van der Waals surface area contributed by atoms with E-state index in [0.717, 1.165) is 6.07 Å². The summed E-state index contributed by atoms with van der Waals surface area (Å²) in [6, 6.07) is 3.86. The molecule has 1 aromatic heterocycles. The first kappa shape index (κ1) is 17.2. The van der Waals surface area contributed by atoms with Gasteiger partial charge in [0.1, 0.15) is 22.4 Å². The summed E-state index contributed by atoms with van der Waals surface area (Å²) < 4.78 is 13.6. The van der Waals surface area contributed by atoms with Gasteiger partial charge in [-0.25, -0.2) is 14.4 Å². The summed E-state index contributed by atoms with van der Waals surface area (Å²) >= 11 is 7.19. The molecule has 0 radical (unpaired) electrons. The Labute approximate surface area is 140 Å². The lowest BCUT2D eigenvalue weighted by molar-refractivity contribution is 0.0995. The third-order valence-electron chi connectivity index (χ3n) is 2.88. The van der Waals surface area contributed by atoms with Crippen LogP contribution in [0.1, 0.15) is 27.6 Å². The minimum Gasteiger partial charge on any atom is -0.365 e. The van der Waals surface area contributed by atoms with E-state index < -0.39 is 17.5 Å². The average molecular weight is 355 g/mol. The van der Waals surface area contributed by atoms with Gasteiger partial charge in [-0.2, -0.15) is 0 Å². The number of halogens is 2. The molecule has 6 nitrogen and oxygen atoms in total. The number of anilines is 2. The smallest absolute Gasteiger partial charge is 0.255 e. The Kier molecular flexibility index (Phi) is 5.17. The number of nitrogens with two attached hydrogens (primary N) is 1. The van der Waals surface area contributed by atoms with E-state index in [2.05, 4.69) is 15.3 Å². The molecule has 0 aliphatic heterocycles. The summed E-state index contributed by atoms with van der Waals surface area (Å²) in [5.74, 6) is -1.78. The number of nitrogens with one attached hydrogen (secondary N) is 1. The van der Waals surface area contributed by atoms with Crippen LogP contribution in [0.2, 0.25) is 5.15 Å². The predicted molar refractivity (Wildman–Crippen MR) is 87.0 cm³/mol. The fourth-order valence-electron chi connectivity index (χ4n) is 1.82. The molecule has 1 amide bonds. The summed E-state index contributed by atoms with van der Waals surface area (Å²) in [7, 11) is 0. The molecule has 0 unspecified atom stereocenters. The van der Waals surface area contributed by atoms with E-state index in [-0.39, 0.29) is 22.1 Å². The standard InChI is InChI=1S/C14H12ClFN4O2S/c1-6(21)8-5-7(3-4-9(8)16)18-13-10(12(17)22)11(15)19-14(20-13)23-2/h3-5H,1-2H3,(H2,17,22)(H,18,19,20). The van der Waals surface area contributed by atoms with Crippen molar-refractivity contribution in [2.75, 3.05) is 11.6 Å². The van der Waals surface area contributed by atoms with Crippen LogP contribution >= 0.6 is 23.4 Å². The van der Waals surface area contributed by atoms with Gasteiger partial charge in [-0.1, -0.05) is 23.4 Å². The molecule has 0 spiro atoms. The Morgan fingerprint density at radius 1 is 1.35 bits per heavy atom. The van der Waals surface area contributed by atoms with Gasteiger partial charge in [-0.15, -0.1) is 0 Å². The number of hydrogen-bond acceptors (Lipinski definition) is 6. The quantitative estimate of drug-likeness (QED) is 0.370. The summed E-state index contributed by atoms with van der Waals surface area (Å²) in [5, 5.41) is 3.06. The normalized spacial score (nSPS) is 10.4. The van der Waals surface area contributed by atoms with E-state index >= 15 is 0 Å². The van der Waals surface area contributed by atoms with Crippen LogP contribution in [-0.4, -0.2) is 27.9 Å². The van der Waals surface area contributed by atoms with E-state index in [1.807, 2.05) is 0 Å². The number of carbonyl (C=O) groups excluding carboxylic acids is 2. The Hall–Kier alpha value is -2.19. The highest BCUT2D eigenvalue weighted by atomic mass is 35.5. The lowest BCUT2D eigenvalue weighted by Crippen LogP contribution is -2.16. The number of amides is 1. The van der Waals surface area contributed by atoms with Crippen molar-refractivity contribution >= 4 is 46.6 Å². The fourth-order valence-corrected chi connectivity index (χ4v) is 2.50. The first-order valence-electron chi connectivity index (χ1n) is 6.32. The summed E-state index contributed by atoms with van der Waals surface area (Å²) in [4.78, 5) is 31.0. The van der Waals surface area contributed by atoms with Gasteiger partial charge in [0.25, 0.3) is 5.91 Å². The Bertz CT molecular complexity index is 801. The molecular weight excluding hydrogens is 343 g/mol. The second kappa shape index (κ2) is 6.93. The first-order chi connectivity index (χ1) is 10.8. The monoisotopic (exact) mass is 354 g/mol. The van der Waals surface area contributed by atoms with Crippen LogP contribution < -0.4 is 11.1 Å². The van der Waals surface area contributed by atoms with Crippen LogP contribution in [0.3, 0.4) is 0 Å². The number of benzene rings is 1. The zero-order chi connectivity index (χ0) is 17.1. The molecule has 0 atom stereocenters. The van der Waals surface area contributed by atoms with Crippen molar-refractivity contribution in [2.45, 2.75) is 12.1 Å². The number of ketones is 1. The number of nitrogens with zero attached hydrogens (tertiary/aromatic N) is 2. The molecule has 0 fully saturated rings. The molecule has 3 N–H and O–H groups in total. The van der Waals surface area contributed by atoms with E-state index in [1.165, 1.54) is 30.8 Å². The van der Waals surface area contributed by atoms with Gasteiger partial charge < -0.3 is 11.1 Å². The lowest BCUT2D eigenvalue weighted by atomic mass is 10.1. The van der Waals surface area contributed by atoms with Crippen LogP contribution in [0.15, 0.2) is 23.4 Å². The number of hydrogen-bond donors (Lipinski definition) is 2. The molecule has 0 aliphatic carbocycles. The van der Waals surface area contributed by atoms with Gasteiger partial charge in [0, 0.05) is 5.69 Å². The second-order valence-corrected chi connectivity index (χ2v) is 5.60. The zero-order valence-electron chi connectivity index (χ0n) is 12.2. The van der Waals surface area contributed by atoms with E-state index in [0.29, 0.717) is 10.8 Å². The molecule has 23 heavy (non-hydrogen) atoms. The fraction of sp³-hybridized carbons (Fsp3) is 0.143. The number of Topliss-reactive ketones (excluding diaryl/α,β-unsaturated/α-hetero) is 1. The van der Waals surface area contributed by atoms with Crippen LogP contribution in [-0.2, 0) is 0 Å². The Balaban J connectivity index is 2.51. The zero-order valence-corrected chi connectivity index (χ0v) is 13.8. The lowest BCUT2D eigenvalue weighted by Gasteiger charge is -2.12. The highest BCUT2D eigenvalue weighted by Crippen LogP contribution is 2.27. The highest BCUT2D eigenvalue weighted by Gasteiger charge is 2.18. The summed E-state index contributed by atoms with van der Waals surface area (Å²) in [6.07, 6.45) is 1.74. The largest absolute Gasteiger partial charge is 0.365 e. The van der Waals surface area contributed by atoms with Gasteiger partial charge in [0.2, 0.25) is 0 Å². The molecule has 9 heteroatoms. The van der Waals surface area contributed by atoms with Gasteiger partial charge in [-0.05, 0) is 31.4 Å². The van der Waals surface area contributed by atoms with Crippen molar-refractivity contribution in [3.05, 3.63) is 40.3 Å². The highest BCUT2D eigenvalue weighted by molar-refractivity contribution is 7.98. The van der Waals surface area contributed by atoms with Crippen LogP contribution in [0.25, 0.3) is 0 Å². The molecule has 0 saturated carbocycles. The number of rotatable bonds is 5. The molecule has 2 aromatic rings. The van der Waals surface area contributed by atoms with Crippen molar-refractivity contribution in [3.8, 4) is 0 Å². The molecule has 1 aromatic carbocycles. The van der Waals surface area contributed by atoms with E-state index in [9.17, 15) is 14.0 Å². The van der Waals surface area contributed by atoms with E-state index in [4.69, 9.17) is 17.3 Å². The molecule has 120 valence electrons. The maximum absolute atomic E-state index is 13.6. The molecular formula is C14H12ClFN4O2S.